The van der Waals surface area contributed by atoms with Crippen LogP contribution in [0.5, 0.6) is 0 Å². The summed E-state index contributed by atoms with van der Waals surface area (Å²) in [6.07, 6.45) is 11.9. The van der Waals surface area contributed by atoms with Gasteiger partial charge in [0.25, 0.3) is 0 Å². The van der Waals surface area contributed by atoms with Crippen molar-refractivity contribution in [1.29, 1.82) is 0 Å². The maximum atomic E-state index is 4.56. The van der Waals surface area contributed by atoms with Crippen LogP contribution in [-0.2, 0) is 6.54 Å². The van der Waals surface area contributed by atoms with Gasteiger partial charge in [0.05, 0.1) is 18.1 Å². The summed E-state index contributed by atoms with van der Waals surface area (Å²) in [5.74, 6) is 1.01. The van der Waals surface area contributed by atoms with Gasteiger partial charge in [0.15, 0.2) is 0 Å². The maximum Gasteiger partial charge on any atom is 0.147 e. The van der Waals surface area contributed by atoms with Crippen molar-refractivity contribution in [2.45, 2.75) is 58.0 Å². The lowest BCUT2D eigenvalue weighted by Crippen LogP contribution is -2.31. The van der Waals surface area contributed by atoms with E-state index in [0.717, 1.165) is 24.6 Å². The summed E-state index contributed by atoms with van der Waals surface area (Å²) in [6.45, 7) is 3.87. The van der Waals surface area contributed by atoms with E-state index in [4.69, 9.17) is 0 Å². The second kappa shape index (κ2) is 7.43. The van der Waals surface area contributed by atoms with E-state index in [1.165, 1.54) is 38.5 Å². The van der Waals surface area contributed by atoms with Gasteiger partial charge in [-0.3, -0.25) is 4.98 Å². The lowest BCUT2D eigenvalue weighted by atomic mass is 10.1. The first-order valence-electron chi connectivity index (χ1n) is 7.55. The van der Waals surface area contributed by atoms with Crippen molar-refractivity contribution in [3.05, 3.63) is 18.1 Å². The third-order valence-electron chi connectivity index (χ3n) is 3.98. The van der Waals surface area contributed by atoms with Gasteiger partial charge in [-0.05, 0) is 19.4 Å². The fourth-order valence-corrected chi connectivity index (χ4v) is 2.71. The Morgan fingerprint density at radius 3 is 2.47 bits per heavy atom. The summed E-state index contributed by atoms with van der Waals surface area (Å²) in [5.41, 5.74) is 1.01. The molecular formula is C15H26N4. The van der Waals surface area contributed by atoms with E-state index < -0.39 is 0 Å². The van der Waals surface area contributed by atoms with Crippen molar-refractivity contribution in [3.8, 4) is 0 Å². The van der Waals surface area contributed by atoms with Crippen molar-refractivity contribution in [2.75, 3.05) is 18.5 Å². The molecule has 1 aliphatic carbocycles. The molecule has 0 unspecified atom stereocenters. The highest BCUT2D eigenvalue weighted by molar-refractivity contribution is 5.36. The minimum atomic E-state index is 0.636. The first-order valence-corrected chi connectivity index (χ1v) is 7.55. The van der Waals surface area contributed by atoms with E-state index in [-0.39, 0.29) is 0 Å². The maximum absolute atomic E-state index is 4.56. The van der Waals surface area contributed by atoms with Crippen LogP contribution in [0.4, 0.5) is 5.82 Å². The fraction of sp³-hybridized carbons (Fsp3) is 0.733. The monoisotopic (exact) mass is 262 g/mol. The standard InChI is InChI=1S/C15H26N4/c1-3-16-10-13-11-18-15(12-17-13)19(2)14-8-6-4-5-7-9-14/h11-12,14,16H,3-10H2,1-2H3. The molecule has 0 radical (unpaired) electrons. The number of hydrogen-bond acceptors (Lipinski definition) is 4. The highest BCUT2D eigenvalue weighted by Crippen LogP contribution is 2.23. The molecule has 106 valence electrons. The molecule has 0 bridgehead atoms. The zero-order chi connectivity index (χ0) is 13.5. The number of nitrogens with zero attached hydrogens (tertiary/aromatic N) is 3. The minimum absolute atomic E-state index is 0.636. The van der Waals surface area contributed by atoms with Crippen LogP contribution in [-0.4, -0.2) is 29.6 Å². The SMILES string of the molecule is CCNCc1cnc(N(C)C2CCCCCC2)cn1. The van der Waals surface area contributed by atoms with Gasteiger partial charge in [-0.25, -0.2) is 4.98 Å². The highest BCUT2D eigenvalue weighted by Gasteiger charge is 2.18. The summed E-state index contributed by atoms with van der Waals surface area (Å²) in [4.78, 5) is 11.4. The first kappa shape index (κ1) is 14.3. The second-order valence-corrected chi connectivity index (χ2v) is 5.40. The summed E-state index contributed by atoms with van der Waals surface area (Å²) in [7, 11) is 2.16. The quantitative estimate of drug-likeness (QED) is 0.828. The van der Waals surface area contributed by atoms with Gasteiger partial charge < -0.3 is 10.2 Å². The normalized spacial score (nSPS) is 17.2. The van der Waals surface area contributed by atoms with Crippen LogP contribution in [0, 0.1) is 0 Å². The van der Waals surface area contributed by atoms with Crippen LogP contribution in [0.25, 0.3) is 0 Å². The van der Waals surface area contributed by atoms with Crippen molar-refractivity contribution < 1.29 is 0 Å². The van der Waals surface area contributed by atoms with Crippen molar-refractivity contribution in [3.63, 3.8) is 0 Å². The minimum Gasteiger partial charge on any atom is -0.355 e. The summed E-state index contributed by atoms with van der Waals surface area (Å²) in [5, 5.41) is 3.27. The molecule has 0 aromatic carbocycles. The molecule has 1 fully saturated rings. The van der Waals surface area contributed by atoms with Crippen LogP contribution in [0.1, 0.15) is 51.1 Å². The Bertz CT molecular complexity index is 355. The predicted octanol–water partition coefficient (Wildman–Crippen LogP) is 2.75. The van der Waals surface area contributed by atoms with Gasteiger partial charge in [-0.2, -0.15) is 0 Å². The zero-order valence-corrected chi connectivity index (χ0v) is 12.2. The summed E-state index contributed by atoms with van der Waals surface area (Å²) >= 11 is 0. The molecule has 0 amide bonds. The molecule has 1 aliphatic rings. The molecule has 1 saturated carbocycles. The predicted molar refractivity (Wildman–Crippen MR) is 79.3 cm³/mol. The topological polar surface area (TPSA) is 41.1 Å². The highest BCUT2D eigenvalue weighted by atomic mass is 15.2. The molecule has 0 aliphatic heterocycles. The zero-order valence-electron chi connectivity index (χ0n) is 12.2. The van der Waals surface area contributed by atoms with E-state index in [0.29, 0.717) is 6.04 Å². The van der Waals surface area contributed by atoms with Gasteiger partial charge >= 0.3 is 0 Å². The van der Waals surface area contributed by atoms with Crippen LogP contribution < -0.4 is 10.2 Å². The Balaban J connectivity index is 1.95. The molecule has 0 spiro atoms. The van der Waals surface area contributed by atoms with Crippen LogP contribution >= 0.6 is 0 Å². The molecule has 4 nitrogen and oxygen atoms in total. The number of nitrogens with one attached hydrogen (secondary N) is 1. The van der Waals surface area contributed by atoms with Crippen molar-refractivity contribution in [1.82, 2.24) is 15.3 Å². The summed E-state index contributed by atoms with van der Waals surface area (Å²) < 4.78 is 0. The fourth-order valence-electron chi connectivity index (χ4n) is 2.71. The first-order chi connectivity index (χ1) is 9.31. The lowest BCUT2D eigenvalue weighted by molar-refractivity contribution is 0.548. The van der Waals surface area contributed by atoms with E-state index in [1.54, 1.807) is 0 Å². The Morgan fingerprint density at radius 2 is 1.89 bits per heavy atom. The average molecular weight is 262 g/mol. The number of hydrogen-bond donors (Lipinski definition) is 1. The molecule has 1 heterocycles. The molecule has 19 heavy (non-hydrogen) atoms. The Hall–Kier alpha value is -1.16. The van der Waals surface area contributed by atoms with E-state index in [1.807, 2.05) is 12.4 Å². The third kappa shape index (κ3) is 4.16. The van der Waals surface area contributed by atoms with Crippen molar-refractivity contribution in [2.24, 2.45) is 0 Å². The van der Waals surface area contributed by atoms with Crippen LogP contribution in [0.15, 0.2) is 12.4 Å². The number of rotatable bonds is 5. The third-order valence-corrected chi connectivity index (χ3v) is 3.98. The van der Waals surface area contributed by atoms with Gasteiger partial charge in [0.1, 0.15) is 5.82 Å². The average Bonchev–Trinajstić information content (AvgIpc) is 2.74. The smallest absolute Gasteiger partial charge is 0.147 e. The second-order valence-electron chi connectivity index (χ2n) is 5.40. The summed E-state index contributed by atoms with van der Waals surface area (Å²) in [6, 6.07) is 0.636. The molecule has 0 atom stereocenters. The lowest BCUT2D eigenvalue weighted by Gasteiger charge is -2.27. The number of anilines is 1. The molecule has 0 saturated heterocycles. The van der Waals surface area contributed by atoms with Gasteiger partial charge in [-0.15, -0.1) is 0 Å². The molecule has 2 rings (SSSR count). The van der Waals surface area contributed by atoms with E-state index >= 15 is 0 Å². The van der Waals surface area contributed by atoms with Gasteiger partial charge in [0.2, 0.25) is 0 Å². The Morgan fingerprint density at radius 1 is 1.16 bits per heavy atom. The molecule has 4 heteroatoms. The van der Waals surface area contributed by atoms with E-state index in [9.17, 15) is 0 Å². The largest absolute Gasteiger partial charge is 0.355 e. The Kier molecular flexibility index (Phi) is 5.58. The molecule has 1 aromatic rings. The van der Waals surface area contributed by atoms with Gasteiger partial charge in [0, 0.05) is 19.6 Å². The van der Waals surface area contributed by atoms with Crippen LogP contribution in [0.2, 0.25) is 0 Å². The number of aromatic nitrogens is 2. The van der Waals surface area contributed by atoms with E-state index in [2.05, 4.69) is 34.2 Å². The Labute approximate surface area is 116 Å². The van der Waals surface area contributed by atoms with Gasteiger partial charge in [-0.1, -0.05) is 32.6 Å². The molecular weight excluding hydrogens is 236 g/mol. The molecule has 1 aromatic heterocycles. The van der Waals surface area contributed by atoms with Crippen LogP contribution in [0.3, 0.4) is 0 Å². The molecule has 1 N–H and O–H groups in total. The van der Waals surface area contributed by atoms with Crippen molar-refractivity contribution >= 4 is 5.82 Å².